The molecule has 1 atom stereocenters. The summed E-state index contributed by atoms with van der Waals surface area (Å²) in [6.07, 6.45) is 0.748. The number of aliphatic hydroxyl groups is 1. The number of hydrogen-bond acceptors (Lipinski definition) is 2. The van der Waals surface area contributed by atoms with Crippen molar-refractivity contribution in [2.24, 2.45) is 0 Å². The lowest BCUT2D eigenvalue weighted by Gasteiger charge is -2.13. The molecule has 3 aromatic rings. The maximum atomic E-state index is 13.8. The number of pyridine rings is 1. The van der Waals surface area contributed by atoms with E-state index in [0.29, 0.717) is 11.1 Å². The summed E-state index contributed by atoms with van der Waals surface area (Å²) < 4.78 is 13.8. The fourth-order valence-corrected chi connectivity index (χ4v) is 2.32. The van der Waals surface area contributed by atoms with Crippen LogP contribution in [0.15, 0.2) is 54.7 Å². The first kappa shape index (κ1) is 12.8. The molecule has 0 saturated carbocycles. The van der Waals surface area contributed by atoms with Crippen molar-refractivity contribution in [2.75, 3.05) is 0 Å². The molecule has 0 saturated heterocycles. The van der Waals surface area contributed by atoms with E-state index in [9.17, 15) is 9.50 Å². The third kappa shape index (κ3) is 2.28. The molecule has 20 heavy (non-hydrogen) atoms. The minimum Gasteiger partial charge on any atom is -0.384 e. The summed E-state index contributed by atoms with van der Waals surface area (Å²) in [6.45, 7) is 1.87. The van der Waals surface area contributed by atoms with E-state index in [0.717, 1.165) is 16.5 Å². The zero-order valence-electron chi connectivity index (χ0n) is 11.0. The lowest BCUT2D eigenvalue weighted by atomic mass is 9.98. The van der Waals surface area contributed by atoms with Gasteiger partial charge in [0.2, 0.25) is 0 Å². The van der Waals surface area contributed by atoms with Gasteiger partial charge in [-0.25, -0.2) is 4.39 Å². The van der Waals surface area contributed by atoms with E-state index in [1.54, 1.807) is 24.4 Å². The number of rotatable bonds is 2. The second kappa shape index (κ2) is 5.02. The predicted octanol–water partition coefficient (Wildman–Crippen LogP) is 3.76. The topological polar surface area (TPSA) is 33.1 Å². The molecule has 0 amide bonds. The van der Waals surface area contributed by atoms with Gasteiger partial charge in [-0.15, -0.1) is 0 Å². The molecule has 1 aromatic heterocycles. The molecule has 0 radical (unpaired) electrons. The summed E-state index contributed by atoms with van der Waals surface area (Å²) in [5.41, 5.74) is 2.74. The van der Waals surface area contributed by atoms with E-state index >= 15 is 0 Å². The van der Waals surface area contributed by atoms with Gasteiger partial charge in [-0.3, -0.25) is 4.98 Å². The van der Waals surface area contributed by atoms with E-state index in [2.05, 4.69) is 4.98 Å². The second-order valence-electron chi connectivity index (χ2n) is 4.88. The Morgan fingerprint density at radius 1 is 1.10 bits per heavy atom. The Hall–Kier alpha value is -2.26. The first-order chi connectivity index (χ1) is 9.65. The van der Waals surface area contributed by atoms with E-state index in [-0.39, 0.29) is 0 Å². The van der Waals surface area contributed by atoms with Crippen LogP contribution in [-0.4, -0.2) is 10.1 Å². The second-order valence-corrected chi connectivity index (χ2v) is 4.88. The van der Waals surface area contributed by atoms with Gasteiger partial charge in [0.05, 0.1) is 5.52 Å². The lowest BCUT2D eigenvalue weighted by molar-refractivity contribution is 0.215. The summed E-state index contributed by atoms with van der Waals surface area (Å²) >= 11 is 0. The van der Waals surface area contributed by atoms with Crippen LogP contribution >= 0.6 is 0 Å². The van der Waals surface area contributed by atoms with E-state index in [1.165, 1.54) is 6.07 Å². The zero-order valence-corrected chi connectivity index (χ0v) is 11.0. The number of benzene rings is 2. The molecule has 1 unspecified atom stereocenters. The minimum atomic E-state index is -0.973. The summed E-state index contributed by atoms with van der Waals surface area (Å²) in [7, 11) is 0. The molecule has 0 fully saturated rings. The largest absolute Gasteiger partial charge is 0.384 e. The molecule has 2 aromatic carbocycles. The molecule has 100 valence electrons. The van der Waals surface area contributed by atoms with Crippen molar-refractivity contribution in [1.82, 2.24) is 4.98 Å². The number of aromatic nitrogens is 1. The Labute approximate surface area is 116 Å². The van der Waals surface area contributed by atoms with Crippen LogP contribution in [0, 0.1) is 12.7 Å². The van der Waals surface area contributed by atoms with Crippen LogP contribution in [-0.2, 0) is 0 Å². The Kier molecular flexibility index (Phi) is 3.20. The zero-order chi connectivity index (χ0) is 14.1. The molecule has 1 heterocycles. The fraction of sp³-hybridized carbons (Fsp3) is 0.118. The van der Waals surface area contributed by atoms with Gasteiger partial charge in [0.15, 0.2) is 0 Å². The Morgan fingerprint density at radius 2 is 1.95 bits per heavy atom. The van der Waals surface area contributed by atoms with Crippen LogP contribution in [0.2, 0.25) is 0 Å². The smallest absolute Gasteiger partial charge is 0.129 e. The average Bonchev–Trinajstić information content (AvgIpc) is 2.48. The highest BCUT2D eigenvalue weighted by atomic mass is 19.1. The van der Waals surface area contributed by atoms with E-state index in [4.69, 9.17) is 0 Å². The predicted molar refractivity (Wildman–Crippen MR) is 76.9 cm³/mol. The van der Waals surface area contributed by atoms with Crippen molar-refractivity contribution in [1.29, 1.82) is 0 Å². The number of fused-ring (bicyclic) bond motifs is 1. The van der Waals surface area contributed by atoms with Crippen molar-refractivity contribution in [3.05, 3.63) is 77.2 Å². The van der Waals surface area contributed by atoms with Gasteiger partial charge in [-0.2, -0.15) is 0 Å². The molecule has 3 rings (SSSR count). The Balaban J connectivity index is 2.07. The Bertz CT molecular complexity index is 770. The molecule has 0 spiro atoms. The van der Waals surface area contributed by atoms with Crippen LogP contribution in [0.4, 0.5) is 4.39 Å². The van der Waals surface area contributed by atoms with E-state index in [1.807, 2.05) is 31.2 Å². The average molecular weight is 267 g/mol. The molecule has 0 bridgehead atoms. The van der Waals surface area contributed by atoms with Gasteiger partial charge in [-0.1, -0.05) is 29.8 Å². The molecule has 0 aliphatic rings. The van der Waals surface area contributed by atoms with Crippen molar-refractivity contribution >= 4 is 10.9 Å². The number of aryl methyl sites for hydroxylation is 1. The van der Waals surface area contributed by atoms with Crippen LogP contribution in [0.25, 0.3) is 10.9 Å². The van der Waals surface area contributed by atoms with Gasteiger partial charge < -0.3 is 5.11 Å². The Morgan fingerprint density at radius 3 is 2.80 bits per heavy atom. The van der Waals surface area contributed by atoms with Crippen LogP contribution in [0.3, 0.4) is 0 Å². The highest BCUT2D eigenvalue weighted by Crippen LogP contribution is 2.27. The SMILES string of the molecule is Cc1ccc(F)c(C(O)c2ccc3ncccc3c2)c1. The van der Waals surface area contributed by atoms with Crippen LogP contribution < -0.4 is 0 Å². The number of nitrogens with zero attached hydrogens (tertiary/aromatic N) is 1. The van der Waals surface area contributed by atoms with Gasteiger partial charge in [-0.05, 0) is 36.8 Å². The lowest BCUT2D eigenvalue weighted by Crippen LogP contribution is -2.03. The molecule has 0 aliphatic heterocycles. The first-order valence-electron chi connectivity index (χ1n) is 6.44. The van der Waals surface area contributed by atoms with Crippen LogP contribution in [0.1, 0.15) is 22.8 Å². The number of hydrogen-bond donors (Lipinski definition) is 1. The van der Waals surface area contributed by atoms with Crippen LogP contribution in [0.5, 0.6) is 0 Å². The fourth-order valence-electron chi connectivity index (χ4n) is 2.32. The third-order valence-electron chi connectivity index (χ3n) is 3.39. The molecule has 2 nitrogen and oxygen atoms in total. The molecule has 1 N–H and O–H groups in total. The summed E-state index contributed by atoms with van der Waals surface area (Å²) in [5.74, 6) is -0.394. The standard InChI is InChI=1S/C17H14FNO/c1-11-4-6-15(18)14(9-11)17(20)13-5-7-16-12(10-13)3-2-8-19-16/h2-10,17,20H,1H3. The normalized spacial score (nSPS) is 12.6. The first-order valence-corrected chi connectivity index (χ1v) is 6.44. The molecule has 3 heteroatoms. The highest BCUT2D eigenvalue weighted by Gasteiger charge is 2.15. The van der Waals surface area contributed by atoms with Crippen molar-refractivity contribution < 1.29 is 9.50 Å². The third-order valence-corrected chi connectivity index (χ3v) is 3.39. The van der Waals surface area contributed by atoms with Gasteiger partial charge in [0.1, 0.15) is 11.9 Å². The summed E-state index contributed by atoms with van der Waals surface area (Å²) in [4.78, 5) is 4.23. The summed E-state index contributed by atoms with van der Waals surface area (Å²) in [5, 5.41) is 11.3. The van der Waals surface area contributed by atoms with Gasteiger partial charge in [0, 0.05) is 17.1 Å². The molecular formula is C17H14FNO. The van der Waals surface area contributed by atoms with Crippen molar-refractivity contribution in [2.45, 2.75) is 13.0 Å². The highest BCUT2D eigenvalue weighted by molar-refractivity contribution is 5.79. The number of aliphatic hydroxyl groups excluding tert-OH is 1. The van der Waals surface area contributed by atoms with E-state index < -0.39 is 11.9 Å². The minimum absolute atomic E-state index is 0.299. The van der Waals surface area contributed by atoms with Gasteiger partial charge >= 0.3 is 0 Å². The van der Waals surface area contributed by atoms with Crippen molar-refractivity contribution in [3.63, 3.8) is 0 Å². The summed E-state index contributed by atoms with van der Waals surface area (Å²) in [6, 6.07) is 14.0. The van der Waals surface area contributed by atoms with Crippen molar-refractivity contribution in [3.8, 4) is 0 Å². The maximum absolute atomic E-state index is 13.8. The maximum Gasteiger partial charge on any atom is 0.129 e. The molecule has 0 aliphatic carbocycles. The number of halogens is 1. The quantitative estimate of drug-likeness (QED) is 0.766. The van der Waals surface area contributed by atoms with Gasteiger partial charge in [0.25, 0.3) is 0 Å². The molecular weight excluding hydrogens is 253 g/mol. The monoisotopic (exact) mass is 267 g/mol.